The fourth-order valence-electron chi connectivity index (χ4n) is 9.69. The zero-order valence-corrected chi connectivity index (χ0v) is 40.3. The van der Waals surface area contributed by atoms with Gasteiger partial charge in [-0.25, -0.2) is 4.98 Å². The van der Waals surface area contributed by atoms with Crippen LogP contribution in [0.15, 0.2) is 218 Å². The molecule has 344 valence electrons. The predicted octanol–water partition coefficient (Wildman–Crippen LogP) is 15.2. The smallest absolute Gasteiger partial charge is 0.268 e. The van der Waals surface area contributed by atoms with E-state index in [0.717, 1.165) is 43.8 Å². The van der Waals surface area contributed by atoms with Crippen molar-refractivity contribution in [3.05, 3.63) is 242 Å². The number of imidazole rings is 1. The van der Waals surface area contributed by atoms with Gasteiger partial charge in [0.1, 0.15) is 5.82 Å². The summed E-state index contributed by atoms with van der Waals surface area (Å²) in [7, 11) is 0. The van der Waals surface area contributed by atoms with Crippen LogP contribution in [0.3, 0.4) is 0 Å². The molecule has 0 spiro atoms. The number of hydrogen-bond donors (Lipinski definition) is 0. The van der Waals surface area contributed by atoms with Gasteiger partial charge in [0.25, 0.3) is 6.33 Å². The van der Waals surface area contributed by atoms with Gasteiger partial charge in [0.15, 0.2) is 0 Å². The topological polar surface area (TPSA) is 40.8 Å². The molecular weight excluding hydrogens is 1050 g/mol. The standard InChI is InChI=1S/C64H45N5O.Pt/c1-43(2)37-44-35-36-65-62(38-44)69-57-32-14-11-27-54(57)63-60(68-55-30-12-9-25-52(55)53-26-10-13-31-56(53)68)40-49(41-61(63)69)70-48-24-17-23-47(39-48)66-42-67(59-34-16-15-33-58(59)66)64-50(45-19-5-3-6-20-45)28-18-29-51(64)46-21-7-4-8-22-46;/h3-36,38,40,43H,37H2,1-2H3;/q-2;/i3D,4D,5D,6D,7D,8D,19D,20D,21D,22D,37D2;. The maximum atomic E-state index is 9.11. The van der Waals surface area contributed by atoms with Crippen molar-refractivity contribution in [2.75, 3.05) is 0 Å². The quantitative estimate of drug-likeness (QED) is 0.101. The first-order valence-corrected chi connectivity index (χ1v) is 22.8. The summed E-state index contributed by atoms with van der Waals surface area (Å²) in [5.41, 5.74) is 6.20. The van der Waals surface area contributed by atoms with Crippen LogP contribution in [0.25, 0.3) is 99.8 Å². The van der Waals surface area contributed by atoms with E-state index in [0.29, 0.717) is 39.4 Å². The van der Waals surface area contributed by atoms with Gasteiger partial charge in [0, 0.05) is 57.8 Å². The van der Waals surface area contributed by atoms with Crippen LogP contribution in [0, 0.1) is 24.4 Å². The second kappa shape index (κ2) is 18.2. The molecule has 0 aliphatic rings. The van der Waals surface area contributed by atoms with Gasteiger partial charge in [0.05, 0.1) is 41.5 Å². The largest absolute Gasteiger partial charge is 0.510 e. The van der Waals surface area contributed by atoms with E-state index in [1.165, 1.54) is 0 Å². The van der Waals surface area contributed by atoms with E-state index in [9.17, 15) is 0 Å². The number of aromatic nitrogens is 5. The van der Waals surface area contributed by atoms with Gasteiger partial charge in [0.2, 0.25) is 0 Å². The Morgan fingerprint density at radius 3 is 1.86 bits per heavy atom. The van der Waals surface area contributed by atoms with E-state index in [-0.39, 0.29) is 60.7 Å². The predicted molar refractivity (Wildman–Crippen MR) is 284 cm³/mol. The molecule has 4 aromatic heterocycles. The molecule has 9 aromatic carbocycles. The molecule has 0 atom stereocenters. The van der Waals surface area contributed by atoms with Crippen LogP contribution >= 0.6 is 0 Å². The van der Waals surface area contributed by atoms with Crippen molar-refractivity contribution in [3.63, 3.8) is 0 Å². The van der Waals surface area contributed by atoms with Gasteiger partial charge in [-0.2, -0.15) is 12.1 Å². The Kier molecular flexibility index (Phi) is 8.33. The van der Waals surface area contributed by atoms with Gasteiger partial charge in [-0.05, 0) is 87.2 Å². The summed E-state index contributed by atoms with van der Waals surface area (Å²) in [6.45, 7) is 3.71. The first-order valence-electron chi connectivity index (χ1n) is 28.8. The summed E-state index contributed by atoms with van der Waals surface area (Å²) in [5.74, 6) is 0.777. The van der Waals surface area contributed by atoms with Crippen molar-refractivity contribution in [3.8, 4) is 56.6 Å². The zero-order chi connectivity index (χ0) is 57.2. The first-order chi connectivity index (χ1) is 39.5. The molecule has 0 aliphatic carbocycles. The fraction of sp³-hybridized carbons (Fsp3) is 0.0625. The van der Waals surface area contributed by atoms with Crippen molar-refractivity contribution < 1.29 is 46.8 Å². The summed E-state index contributed by atoms with van der Waals surface area (Å²) in [6, 6.07) is 48.9. The van der Waals surface area contributed by atoms with Gasteiger partial charge in [-0.3, -0.25) is 4.57 Å². The van der Waals surface area contributed by atoms with E-state index in [2.05, 4.69) is 53.4 Å². The third-order valence-electron chi connectivity index (χ3n) is 12.5. The SMILES string of the molecule is [2H]c1c([2H])c([2H])c(-c2cccc(-c3c([2H])c([2H])c([2H])c([2H])c3[2H])c2-[n+]2[c-]n(-c3[c-]c(Oc4[c-]c5c(c(-n6c7ccccc7c7ccccc76)c4)c4ccccc4n5-c4cc(C([2H])([2H])C(C)C)ccn4)ccc3)c3ccccc32)c([2H])c1[2H].[Pt]. The van der Waals surface area contributed by atoms with Crippen LogP contribution in [-0.2, 0) is 27.4 Å². The molecule has 7 heteroatoms. The molecule has 0 saturated carbocycles. The summed E-state index contributed by atoms with van der Waals surface area (Å²) in [5, 5.41) is 3.88. The zero-order valence-electron chi connectivity index (χ0n) is 50.0. The Balaban J connectivity index is 0.00000680. The third kappa shape index (κ3) is 7.63. The van der Waals surface area contributed by atoms with E-state index < -0.39 is 66.8 Å². The molecule has 6 nitrogen and oxygen atoms in total. The average Bonchev–Trinajstić information content (AvgIpc) is 4.40. The number of fused-ring (bicyclic) bond motifs is 7. The molecule has 0 N–H and O–H groups in total. The second-order valence-corrected chi connectivity index (χ2v) is 17.1. The van der Waals surface area contributed by atoms with Crippen LogP contribution in [0.2, 0.25) is 0 Å². The summed E-state index contributed by atoms with van der Waals surface area (Å²) < 4.78 is 120. The minimum Gasteiger partial charge on any atom is -0.510 e. The molecule has 0 fully saturated rings. The maximum Gasteiger partial charge on any atom is 0.268 e. The molecule has 0 unspecified atom stereocenters. The molecule has 13 aromatic rings. The molecule has 0 saturated heterocycles. The molecule has 0 aliphatic heterocycles. The van der Waals surface area contributed by atoms with Crippen LogP contribution in [0.1, 0.15) is 35.9 Å². The summed E-state index contributed by atoms with van der Waals surface area (Å²) in [4.78, 5) is 4.87. The van der Waals surface area contributed by atoms with Crippen LogP contribution in [0.5, 0.6) is 11.5 Å². The number of pyridine rings is 1. The Bertz CT molecular complexity index is 4640. The van der Waals surface area contributed by atoms with Crippen LogP contribution in [0.4, 0.5) is 0 Å². The Morgan fingerprint density at radius 2 is 1.20 bits per heavy atom. The van der Waals surface area contributed by atoms with Crippen molar-refractivity contribution in [2.24, 2.45) is 5.92 Å². The molecule has 4 heterocycles. The number of para-hydroxylation sites is 6. The van der Waals surface area contributed by atoms with E-state index >= 15 is 0 Å². The summed E-state index contributed by atoms with van der Waals surface area (Å²) in [6.07, 6.45) is 3.41. The van der Waals surface area contributed by atoms with Gasteiger partial charge in [-0.15, -0.1) is 24.3 Å². The van der Waals surface area contributed by atoms with Crippen LogP contribution in [-0.4, -0.2) is 18.7 Å². The molecule has 0 amide bonds. The van der Waals surface area contributed by atoms with E-state index in [1.54, 1.807) is 76.0 Å². The first kappa shape index (κ1) is 32.5. The Hall–Kier alpha value is -8.31. The minimum absolute atomic E-state index is 0. The average molecular weight is 1110 g/mol. The van der Waals surface area contributed by atoms with Crippen molar-refractivity contribution in [2.45, 2.75) is 20.2 Å². The minimum atomic E-state index is -1.66. The number of hydrogen-bond acceptors (Lipinski definition) is 2. The normalized spacial score (nSPS) is 14.2. The molecule has 71 heavy (non-hydrogen) atoms. The molecule has 13 rings (SSSR count). The summed E-state index contributed by atoms with van der Waals surface area (Å²) >= 11 is 0. The third-order valence-corrected chi connectivity index (χ3v) is 12.5. The molecule has 0 bridgehead atoms. The number of nitrogens with zero attached hydrogens (tertiary/aromatic N) is 5. The van der Waals surface area contributed by atoms with E-state index in [4.69, 9.17) is 26.2 Å². The van der Waals surface area contributed by atoms with Gasteiger partial charge in [-0.1, -0.05) is 182 Å². The number of ether oxygens (including phenoxy) is 1. The maximum absolute atomic E-state index is 9.11. The number of rotatable bonds is 10. The van der Waals surface area contributed by atoms with Crippen LogP contribution < -0.4 is 9.30 Å². The molecule has 0 radical (unpaired) electrons. The fourth-order valence-corrected chi connectivity index (χ4v) is 9.69. The molecular formula is C64H45N5OPt-2. The van der Waals surface area contributed by atoms with Gasteiger partial charge >= 0.3 is 0 Å². The second-order valence-electron chi connectivity index (χ2n) is 17.1. The van der Waals surface area contributed by atoms with E-state index in [1.807, 2.05) is 79.1 Å². The van der Waals surface area contributed by atoms with Gasteiger partial charge < -0.3 is 18.4 Å². The Morgan fingerprint density at radius 1 is 0.606 bits per heavy atom. The Labute approximate surface area is 443 Å². The monoisotopic (exact) mass is 1110 g/mol. The van der Waals surface area contributed by atoms with Crippen molar-refractivity contribution >= 4 is 54.6 Å². The van der Waals surface area contributed by atoms with Crippen molar-refractivity contribution in [1.82, 2.24) is 18.7 Å². The number of benzene rings is 9. The van der Waals surface area contributed by atoms with Crippen molar-refractivity contribution in [1.29, 1.82) is 0 Å².